The average molecular weight is 501 g/mol. The molecule has 4 aromatic carbocycles. The molecule has 0 saturated heterocycles. The summed E-state index contributed by atoms with van der Waals surface area (Å²) in [7, 11) is 0. The van der Waals surface area contributed by atoms with Crippen molar-refractivity contribution in [2.45, 2.75) is 51.6 Å². The molecule has 0 N–H and O–H groups in total. The molecule has 0 nitrogen and oxygen atoms in total. The Morgan fingerprint density at radius 2 is 1.28 bits per heavy atom. The van der Waals surface area contributed by atoms with E-state index in [1.807, 2.05) is 6.07 Å². The van der Waals surface area contributed by atoms with Crippen LogP contribution >= 0.6 is 0 Å². The van der Waals surface area contributed by atoms with Crippen molar-refractivity contribution in [2.24, 2.45) is 0 Å². The molecule has 188 valence electrons. The molecule has 0 heterocycles. The minimum Gasteiger partial charge on any atom is -0.206 e. The van der Waals surface area contributed by atoms with Gasteiger partial charge in [-0.3, -0.25) is 0 Å². The second-order valence-corrected chi connectivity index (χ2v) is 9.03. The number of benzene rings is 4. The van der Waals surface area contributed by atoms with Crippen LogP contribution in [-0.2, 0) is 12.6 Å². The number of hydrogen-bond donors (Lipinski definition) is 0. The first-order chi connectivity index (χ1) is 17.2. The highest BCUT2D eigenvalue weighted by atomic mass is 19.4. The Kier molecular flexibility index (Phi) is 7.72. The summed E-state index contributed by atoms with van der Waals surface area (Å²) < 4.78 is 83.2. The molecule has 0 bridgehead atoms. The summed E-state index contributed by atoms with van der Waals surface area (Å²) in [6.45, 7) is 2.16. The van der Waals surface area contributed by atoms with Gasteiger partial charge in [0.2, 0.25) is 0 Å². The maximum Gasteiger partial charge on any atom is 0.419 e. The second-order valence-electron chi connectivity index (χ2n) is 9.03. The predicted molar refractivity (Wildman–Crippen MR) is 132 cm³/mol. The molecule has 4 rings (SSSR count). The number of alkyl halides is 3. The molecule has 0 aromatic heterocycles. The van der Waals surface area contributed by atoms with E-state index in [9.17, 15) is 22.0 Å². The Labute approximate surface area is 206 Å². The van der Waals surface area contributed by atoms with Crippen molar-refractivity contribution in [3.8, 4) is 22.3 Å². The lowest BCUT2D eigenvalue weighted by atomic mass is 9.96. The molecule has 0 unspecified atom stereocenters. The number of rotatable bonds is 8. The van der Waals surface area contributed by atoms with Crippen molar-refractivity contribution in [1.82, 2.24) is 0 Å². The maximum atomic E-state index is 15.1. The number of aryl methyl sites for hydroxylation is 1. The first-order valence-electron chi connectivity index (χ1n) is 12.1. The highest BCUT2D eigenvalue weighted by molar-refractivity contribution is 5.89. The monoisotopic (exact) mass is 500 g/mol. The first kappa shape index (κ1) is 25.8. The summed E-state index contributed by atoms with van der Waals surface area (Å²) in [5.74, 6) is -2.39. The molecule has 4 aromatic rings. The third-order valence-electron chi connectivity index (χ3n) is 6.45. The molecule has 0 amide bonds. The van der Waals surface area contributed by atoms with Gasteiger partial charge in [-0.25, -0.2) is 13.2 Å². The lowest BCUT2D eigenvalue weighted by molar-refractivity contribution is -0.139. The zero-order chi connectivity index (χ0) is 25.9. The van der Waals surface area contributed by atoms with E-state index in [1.165, 1.54) is 55.7 Å². The molecule has 0 spiro atoms. The van der Waals surface area contributed by atoms with Gasteiger partial charge in [-0.05, 0) is 59.2 Å². The number of fused-ring (bicyclic) bond motifs is 1. The van der Waals surface area contributed by atoms with Crippen LogP contribution in [-0.4, -0.2) is 0 Å². The summed E-state index contributed by atoms with van der Waals surface area (Å²) in [6.07, 6.45) is 1.63. The van der Waals surface area contributed by atoms with Crippen LogP contribution in [0.2, 0.25) is 0 Å². The van der Waals surface area contributed by atoms with Gasteiger partial charge in [0.1, 0.15) is 17.5 Å². The molecular formula is C30H26F6. The van der Waals surface area contributed by atoms with Crippen LogP contribution in [0.25, 0.3) is 33.0 Å². The fourth-order valence-corrected chi connectivity index (χ4v) is 4.48. The van der Waals surface area contributed by atoms with E-state index in [2.05, 4.69) is 6.92 Å². The third kappa shape index (κ3) is 5.58. The Balaban J connectivity index is 1.57. The normalized spacial score (nSPS) is 11.9. The zero-order valence-electron chi connectivity index (χ0n) is 19.9. The van der Waals surface area contributed by atoms with Crippen molar-refractivity contribution in [1.29, 1.82) is 0 Å². The van der Waals surface area contributed by atoms with Crippen LogP contribution in [0.1, 0.15) is 50.2 Å². The van der Waals surface area contributed by atoms with E-state index in [4.69, 9.17) is 0 Å². The van der Waals surface area contributed by atoms with Crippen LogP contribution in [0, 0.1) is 17.5 Å². The number of hydrogen-bond acceptors (Lipinski definition) is 0. The van der Waals surface area contributed by atoms with Gasteiger partial charge in [-0.1, -0.05) is 75.1 Å². The Hall–Kier alpha value is -3.28. The summed E-state index contributed by atoms with van der Waals surface area (Å²) in [5, 5.41) is 0.0240. The van der Waals surface area contributed by atoms with Gasteiger partial charge < -0.3 is 0 Å². The van der Waals surface area contributed by atoms with Gasteiger partial charge in [0, 0.05) is 16.5 Å². The number of unbranched alkanes of at least 4 members (excludes halogenated alkanes) is 4. The minimum atomic E-state index is -4.80. The molecular weight excluding hydrogens is 474 g/mol. The fraction of sp³-hybridized carbons (Fsp3) is 0.267. The molecule has 0 fully saturated rings. The van der Waals surface area contributed by atoms with Crippen molar-refractivity contribution in [3.63, 3.8) is 0 Å². The third-order valence-corrected chi connectivity index (χ3v) is 6.45. The van der Waals surface area contributed by atoms with Gasteiger partial charge in [-0.15, -0.1) is 0 Å². The molecule has 0 saturated carbocycles. The topological polar surface area (TPSA) is 0 Å². The Bertz CT molecular complexity index is 1370. The van der Waals surface area contributed by atoms with Crippen LogP contribution in [0.3, 0.4) is 0 Å². The minimum absolute atomic E-state index is 0.185. The quantitative estimate of drug-likeness (QED) is 0.167. The summed E-state index contributed by atoms with van der Waals surface area (Å²) in [6, 6.07) is 15.2. The Morgan fingerprint density at radius 1 is 0.639 bits per heavy atom. The maximum absolute atomic E-state index is 15.1. The van der Waals surface area contributed by atoms with Gasteiger partial charge in [0.15, 0.2) is 0 Å². The van der Waals surface area contributed by atoms with Gasteiger partial charge in [0.05, 0.1) is 5.56 Å². The van der Waals surface area contributed by atoms with Crippen LogP contribution in [0.15, 0.2) is 66.7 Å². The molecule has 0 aliphatic heterocycles. The van der Waals surface area contributed by atoms with Crippen molar-refractivity contribution >= 4 is 10.8 Å². The predicted octanol–water partition coefficient (Wildman–Crippen LogP) is 10.1. The standard InChI is InChI=1S/C30H26F6/c1-2-3-4-5-6-7-19-8-12-23(27(31)16-19)22-9-13-24(28(32)18-22)20-10-14-25-21(17-20)11-15-26(29(25)33)30(34,35)36/h8-18H,2-7H2,1H3. The largest absolute Gasteiger partial charge is 0.419 e. The van der Waals surface area contributed by atoms with Crippen molar-refractivity contribution in [2.75, 3.05) is 0 Å². The SMILES string of the molecule is CCCCCCCc1ccc(-c2ccc(-c3ccc4c(F)c(C(F)(F)F)ccc4c3)c(F)c2)c(F)c1. The molecule has 0 aliphatic rings. The van der Waals surface area contributed by atoms with Gasteiger partial charge in [0.25, 0.3) is 0 Å². The van der Waals surface area contributed by atoms with E-state index >= 15 is 4.39 Å². The van der Waals surface area contributed by atoms with E-state index < -0.39 is 29.2 Å². The van der Waals surface area contributed by atoms with E-state index in [0.29, 0.717) is 17.2 Å². The van der Waals surface area contributed by atoms with Crippen molar-refractivity contribution < 1.29 is 26.3 Å². The average Bonchev–Trinajstić information content (AvgIpc) is 2.83. The van der Waals surface area contributed by atoms with Crippen LogP contribution < -0.4 is 0 Å². The first-order valence-corrected chi connectivity index (χ1v) is 12.1. The van der Waals surface area contributed by atoms with Crippen LogP contribution in [0.4, 0.5) is 26.3 Å². The van der Waals surface area contributed by atoms with E-state index in [0.717, 1.165) is 30.9 Å². The highest BCUT2D eigenvalue weighted by Crippen LogP contribution is 2.36. The molecule has 6 heteroatoms. The lowest BCUT2D eigenvalue weighted by Crippen LogP contribution is -2.08. The molecule has 36 heavy (non-hydrogen) atoms. The summed E-state index contributed by atoms with van der Waals surface area (Å²) >= 11 is 0. The second kappa shape index (κ2) is 10.8. The molecule has 0 atom stereocenters. The van der Waals surface area contributed by atoms with Gasteiger partial charge >= 0.3 is 6.18 Å². The van der Waals surface area contributed by atoms with E-state index in [-0.39, 0.29) is 21.9 Å². The summed E-state index contributed by atoms with van der Waals surface area (Å²) in [5.41, 5.74) is 0.791. The van der Waals surface area contributed by atoms with Gasteiger partial charge in [-0.2, -0.15) is 13.2 Å². The highest BCUT2D eigenvalue weighted by Gasteiger charge is 2.34. The fourth-order valence-electron chi connectivity index (χ4n) is 4.48. The molecule has 0 radical (unpaired) electrons. The zero-order valence-corrected chi connectivity index (χ0v) is 19.9. The smallest absolute Gasteiger partial charge is 0.206 e. The van der Waals surface area contributed by atoms with Crippen molar-refractivity contribution in [3.05, 3.63) is 95.3 Å². The van der Waals surface area contributed by atoms with Crippen LogP contribution in [0.5, 0.6) is 0 Å². The summed E-state index contributed by atoms with van der Waals surface area (Å²) in [4.78, 5) is 0. The Morgan fingerprint density at radius 3 is 1.94 bits per heavy atom. The molecule has 0 aliphatic carbocycles. The lowest BCUT2D eigenvalue weighted by Gasteiger charge is -2.12. The van der Waals surface area contributed by atoms with E-state index in [1.54, 1.807) is 12.1 Å². The number of halogens is 6.